The van der Waals surface area contributed by atoms with Crippen molar-refractivity contribution in [3.8, 4) is 5.75 Å². The van der Waals surface area contributed by atoms with Crippen molar-refractivity contribution in [3.05, 3.63) is 50.1 Å². The first-order chi connectivity index (χ1) is 7.52. The topological polar surface area (TPSA) is 9.23 Å². The Bertz CT molecular complexity index is 420. The van der Waals surface area contributed by atoms with Crippen LogP contribution in [0.3, 0.4) is 0 Å². The molecule has 0 aliphatic heterocycles. The Morgan fingerprint density at radius 2 is 1.38 bits per heavy atom. The summed E-state index contributed by atoms with van der Waals surface area (Å²) < 4.78 is 5.05. The number of hydrogen-bond donors (Lipinski definition) is 0. The minimum absolute atomic E-state index is 0.0489. The number of benzene rings is 1. The van der Waals surface area contributed by atoms with Gasteiger partial charge in [-0.2, -0.15) is 0 Å². The van der Waals surface area contributed by atoms with Gasteiger partial charge in [0.25, 0.3) is 0 Å². The monoisotopic (exact) mass is 316 g/mol. The maximum atomic E-state index is 5.79. The van der Waals surface area contributed by atoms with Crippen LogP contribution in [-0.2, 0) is 0 Å². The lowest BCUT2D eigenvalue weighted by Gasteiger charge is -2.05. The number of halogens is 5. The molecule has 1 nitrogen and oxygen atoms in total. The lowest BCUT2D eigenvalue weighted by molar-refractivity contribution is 0.461. The van der Waals surface area contributed by atoms with Gasteiger partial charge < -0.3 is 4.74 Å². The van der Waals surface area contributed by atoms with Crippen molar-refractivity contribution < 1.29 is 4.74 Å². The Balaban J connectivity index is 2.90. The number of allylic oxidation sites excluding steroid dienone is 2. The third-order valence-corrected chi connectivity index (χ3v) is 3.25. The maximum absolute atomic E-state index is 5.79. The number of para-hydroxylation sites is 1. The highest BCUT2D eigenvalue weighted by Crippen LogP contribution is 2.32. The van der Waals surface area contributed by atoms with E-state index in [4.69, 9.17) is 62.7 Å². The van der Waals surface area contributed by atoms with Crippen LogP contribution < -0.4 is 4.74 Å². The molecule has 1 aromatic carbocycles. The molecule has 0 aliphatic rings. The van der Waals surface area contributed by atoms with Gasteiger partial charge in [0.15, 0.2) is 0 Å². The summed E-state index contributed by atoms with van der Waals surface area (Å²) in [5, 5.41) is -0.213. The van der Waals surface area contributed by atoms with E-state index in [1.165, 1.54) is 0 Å². The third kappa shape index (κ3) is 4.08. The standard InChI is InChI=1S/C10H5Cl5O/c11-7(9(13)14)8(12)10(15)16-6-4-2-1-3-5-6/h1-5H/b10-8-. The highest BCUT2D eigenvalue weighted by Gasteiger charge is 2.11. The lowest BCUT2D eigenvalue weighted by Crippen LogP contribution is -1.91. The molecule has 0 bridgehead atoms. The average molecular weight is 318 g/mol. The summed E-state index contributed by atoms with van der Waals surface area (Å²) in [7, 11) is 0. The van der Waals surface area contributed by atoms with Crippen molar-refractivity contribution in [1.29, 1.82) is 0 Å². The van der Waals surface area contributed by atoms with E-state index in [2.05, 4.69) is 0 Å². The van der Waals surface area contributed by atoms with Gasteiger partial charge in [-0.1, -0.05) is 64.6 Å². The van der Waals surface area contributed by atoms with E-state index in [1.54, 1.807) is 24.3 Å². The summed E-state index contributed by atoms with van der Waals surface area (Å²) >= 11 is 28.2. The van der Waals surface area contributed by atoms with Crippen LogP contribution in [0.15, 0.2) is 50.1 Å². The molecule has 16 heavy (non-hydrogen) atoms. The van der Waals surface area contributed by atoms with E-state index in [0.29, 0.717) is 5.75 Å². The zero-order chi connectivity index (χ0) is 12.1. The van der Waals surface area contributed by atoms with Crippen molar-refractivity contribution in [2.24, 2.45) is 0 Å². The summed E-state index contributed by atoms with van der Waals surface area (Å²) in [5.41, 5.74) is 0. The van der Waals surface area contributed by atoms with Gasteiger partial charge in [-0.3, -0.25) is 0 Å². The van der Waals surface area contributed by atoms with E-state index < -0.39 is 0 Å². The number of ether oxygens (including phenoxy) is 1. The minimum atomic E-state index is -0.179. The van der Waals surface area contributed by atoms with Crippen LogP contribution in [0.1, 0.15) is 0 Å². The Morgan fingerprint density at radius 1 is 0.812 bits per heavy atom. The molecule has 0 saturated heterocycles. The fraction of sp³-hybridized carbons (Fsp3) is 0. The second-order valence-corrected chi connectivity index (χ2v) is 4.63. The molecular weight excluding hydrogens is 313 g/mol. The van der Waals surface area contributed by atoms with Crippen molar-refractivity contribution in [1.82, 2.24) is 0 Å². The minimum Gasteiger partial charge on any atom is -0.444 e. The quantitative estimate of drug-likeness (QED) is 0.521. The van der Waals surface area contributed by atoms with E-state index in [-0.39, 0.29) is 19.8 Å². The van der Waals surface area contributed by atoms with Crippen LogP contribution in [0, 0.1) is 0 Å². The normalized spacial score (nSPS) is 11.8. The van der Waals surface area contributed by atoms with E-state index >= 15 is 0 Å². The first-order valence-electron chi connectivity index (χ1n) is 4.01. The Hall–Kier alpha value is -0.0500. The third-order valence-electron chi connectivity index (χ3n) is 1.48. The molecule has 0 saturated carbocycles. The van der Waals surface area contributed by atoms with Crippen molar-refractivity contribution in [2.45, 2.75) is 0 Å². The molecule has 0 unspecified atom stereocenters. The molecule has 86 valence electrons. The molecule has 6 heteroatoms. The zero-order valence-corrected chi connectivity index (χ0v) is 11.5. The summed E-state index contributed by atoms with van der Waals surface area (Å²) in [6.45, 7) is 0. The Kier molecular flexibility index (Phi) is 5.81. The zero-order valence-electron chi connectivity index (χ0n) is 7.68. The van der Waals surface area contributed by atoms with E-state index in [0.717, 1.165) is 0 Å². The second-order valence-electron chi connectivity index (χ2n) is 2.58. The summed E-state index contributed by atoms with van der Waals surface area (Å²) in [6.07, 6.45) is 0. The molecule has 0 spiro atoms. The molecular formula is C10H5Cl5O. The summed E-state index contributed by atoms with van der Waals surface area (Å²) in [4.78, 5) is 0. The van der Waals surface area contributed by atoms with Gasteiger partial charge in [-0.25, -0.2) is 0 Å². The lowest BCUT2D eigenvalue weighted by atomic mass is 10.3. The van der Waals surface area contributed by atoms with Crippen molar-refractivity contribution in [2.75, 3.05) is 0 Å². The molecule has 1 aromatic rings. The van der Waals surface area contributed by atoms with Crippen LogP contribution in [0.25, 0.3) is 0 Å². The first-order valence-corrected chi connectivity index (χ1v) is 5.90. The van der Waals surface area contributed by atoms with Gasteiger partial charge in [-0.15, -0.1) is 0 Å². The van der Waals surface area contributed by atoms with E-state index in [1.807, 2.05) is 6.07 Å². The average Bonchev–Trinajstić information content (AvgIpc) is 2.28. The molecule has 0 radical (unpaired) electrons. The second kappa shape index (κ2) is 6.63. The molecule has 0 heterocycles. The van der Waals surface area contributed by atoms with Crippen molar-refractivity contribution >= 4 is 58.0 Å². The Labute approximate surface area is 118 Å². The Morgan fingerprint density at radius 3 is 1.88 bits per heavy atom. The molecule has 0 aromatic heterocycles. The first kappa shape index (κ1) is 14.0. The van der Waals surface area contributed by atoms with Crippen LogP contribution in [0.2, 0.25) is 0 Å². The van der Waals surface area contributed by atoms with Gasteiger partial charge in [0.05, 0.1) is 5.03 Å². The molecule has 0 amide bonds. The van der Waals surface area contributed by atoms with Crippen LogP contribution in [0.5, 0.6) is 5.75 Å². The van der Waals surface area contributed by atoms with Crippen LogP contribution in [0.4, 0.5) is 0 Å². The summed E-state index contributed by atoms with van der Waals surface area (Å²) in [6, 6.07) is 8.85. The molecule has 0 N–H and O–H groups in total. The maximum Gasteiger partial charge on any atom is 0.214 e. The molecule has 1 rings (SSSR count). The highest BCUT2D eigenvalue weighted by molar-refractivity contribution is 6.62. The predicted molar refractivity (Wildman–Crippen MR) is 70.4 cm³/mol. The number of hydrogen-bond acceptors (Lipinski definition) is 1. The van der Waals surface area contributed by atoms with Gasteiger partial charge in [0, 0.05) is 0 Å². The molecule has 0 atom stereocenters. The SMILES string of the molecule is ClC(Cl)=C(Cl)/C(Cl)=C(\Cl)Oc1ccccc1. The smallest absolute Gasteiger partial charge is 0.214 e. The van der Waals surface area contributed by atoms with Gasteiger partial charge >= 0.3 is 0 Å². The molecule has 0 aliphatic carbocycles. The van der Waals surface area contributed by atoms with Crippen LogP contribution in [-0.4, -0.2) is 0 Å². The molecule has 0 fully saturated rings. The van der Waals surface area contributed by atoms with Gasteiger partial charge in [-0.05, 0) is 23.7 Å². The fourth-order valence-corrected chi connectivity index (χ4v) is 1.54. The highest BCUT2D eigenvalue weighted by atomic mass is 35.5. The fourth-order valence-electron chi connectivity index (χ4n) is 0.806. The predicted octanol–water partition coefficient (Wildman–Crippen LogP) is 5.60. The van der Waals surface area contributed by atoms with Crippen LogP contribution >= 0.6 is 58.0 Å². The summed E-state index contributed by atoms with van der Waals surface area (Å²) in [5.74, 6) is 0.529. The van der Waals surface area contributed by atoms with Crippen molar-refractivity contribution in [3.63, 3.8) is 0 Å². The van der Waals surface area contributed by atoms with E-state index in [9.17, 15) is 0 Å². The largest absolute Gasteiger partial charge is 0.444 e. The van der Waals surface area contributed by atoms with Gasteiger partial charge in [0.1, 0.15) is 15.3 Å². The number of rotatable bonds is 3. The van der Waals surface area contributed by atoms with Gasteiger partial charge in [0.2, 0.25) is 5.22 Å².